The quantitative estimate of drug-likeness (QED) is 0.322. The minimum Gasteiger partial charge on any atom is -0.444 e. The van der Waals surface area contributed by atoms with Gasteiger partial charge in [-0.25, -0.2) is 4.79 Å². The molecular formula is C26H41N3O3. The van der Waals surface area contributed by atoms with Crippen LogP contribution < -0.4 is 5.32 Å². The van der Waals surface area contributed by atoms with E-state index in [1.165, 1.54) is 56.9 Å². The van der Waals surface area contributed by atoms with E-state index < -0.39 is 11.7 Å². The highest BCUT2D eigenvalue weighted by Gasteiger charge is 2.15. The number of hydrogen-bond donors (Lipinski definition) is 1. The van der Waals surface area contributed by atoms with E-state index >= 15 is 0 Å². The lowest BCUT2D eigenvalue weighted by Gasteiger charge is -2.19. The monoisotopic (exact) mass is 443 g/mol. The van der Waals surface area contributed by atoms with Crippen molar-refractivity contribution in [1.29, 1.82) is 0 Å². The van der Waals surface area contributed by atoms with Gasteiger partial charge >= 0.3 is 6.09 Å². The van der Waals surface area contributed by atoms with E-state index in [0.717, 1.165) is 12.0 Å². The fourth-order valence-corrected chi connectivity index (χ4v) is 3.55. The maximum absolute atomic E-state index is 11.7. The molecule has 6 heteroatoms. The highest BCUT2D eigenvalue weighted by molar-refractivity contribution is 5.67. The van der Waals surface area contributed by atoms with Gasteiger partial charge in [0.1, 0.15) is 5.60 Å². The van der Waals surface area contributed by atoms with Crippen LogP contribution in [-0.2, 0) is 17.6 Å². The molecule has 0 fully saturated rings. The largest absolute Gasteiger partial charge is 0.444 e. The van der Waals surface area contributed by atoms with Gasteiger partial charge in [-0.2, -0.15) is 4.98 Å². The van der Waals surface area contributed by atoms with Crippen LogP contribution in [0.25, 0.3) is 11.4 Å². The molecule has 0 aliphatic heterocycles. The zero-order chi connectivity index (χ0) is 23.2. The van der Waals surface area contributed by atoms with Crippen molar-refractivity contribution < 1.29 is 14.1 Å². The van der Waals surface area contributed by atoms with Crippen LogP contribution >= 0.6 is 0 Å². The first-order valence-electron chi connectivity index (χ1n) is 12.3. The molecule has 2 rings (SSSR count). The molecule has 0 atom stereocenters. The van der Waals surface area contributed by atoms with E-state index in [1.807, 2.05) is 26.8 Å². The second-order valence-electron chi connectivity index (χ2n) is 9.47. The summed E-state index contributed by atoms with van der Waals surface area (Å²) in [5.41, 5.74) is 1.82. The molecule has 1 amide bonds. The molecular weight excluding hydrogens is 402 g/mol. The van der Waals surface area contributed by atoms with Crippen molar-refractivity contribution in [2.75, 3.05) is 6.54 Å². The highest BCUT2D eigenvalue weighted by atomic mass is 16.6. The number of amides is 1. The molecule has 1 aromatic heterocycles. The molecule has 0 spiro atoms. The van der Waals surface area contributed by atoms with Crippen molar-refractivity contribution in [3.8, 4) is 11.4 Å². The Labute approximate surface area is 193 Å². The summed E-state index contributed by atoms with van der Waals surface area (Å²) in [4.78, 5) is 16.2. The average Bonchev–Trinajstić information content (AvgIpc) is 3.21. The van der Waals surface area contributed by atoms with E-state index in [9.17, 15) is 4.79 Å². The normalized spacial score (nSPS) is 11.5. The van der Waals surface area contributed by atoms with Crippen LogP contribution in [-0.4, -0.2) is 28.4 Å². The van der Waals surface area contributed by atoms with E-state index in [-0.39, 0.29) is 0 Å². The van der Waals surface area contributed by atoms with Gasteiger partial charge in [-0.15, -0.1) is 0 Å². The minimum absolute atomic E-state index is 0.406. The summed E-state index contributed by atoms with van der Waals surface area (Å²) in [5.74, 6) is 1.21. The Morgan fingerprint density at radius 1 is 1.00 bits per heavy atom. The number of alkyl carbamates (subject to hydrolysis) is 1. The highest BCUT2D eigenvalue weighted by Crippen LogP contribution is 2.19. The Hall–Kier alpha value is -2.37. The van der Waals surface area contributed by atoms with Gasteiger partial charge in [0.2, 0.25) is 11.7 Å². The van der Waals surface area contributed by atoms with Crippen LogP contribution in [0.15, 0.2) is 28.8 Å². The first-order valence-corrected chi connectivity index (χ1v) is 12.3. The average molecular weight is 444 g/mol. The molecule has 0 aliphatic carbocycles. The van der Waals surface area contributed by atoms with Gasteiger partial charge in [0.25, 0.3) is 0 Å². The van der Waals surface area contributed by atoms with Crippen LogP contribution in [0.5, 0.6) is 0 Å². The number of ether oxygens (including phenoxy) is 1. The van der Waals surface area contributed by atoms with E-state index in [2.05, 4.69) is 40.6 Å². The number of benzene rings is 1. The van der Waals surface area contributed by atoms with Crippen molar-refractivity contribution in [1.82, 2.24) is 15.5 Å². The van der Waals surface area contributed by atoms with Crippen LogP contribution in [0.2, 0.25) is 0 Å². The van der Waals surface area contributed by atoms with Crippen LogP contribution in [0.3, 0.4) is 0 Å². The van der Waals surface area contributed by atoms with Crippen LogP contribution in [0.1, 0.15) is 96.9 Å². The number of nitrogens with zero attached hydrogens (tertiary/aromatic N) is 2. The maximum Gasteiger partial charge on any atom is 0.407 e. The van der Waals surface area contributed by atoms with Gasteiger partial charge < -0.3 is 14.6 Å². The Balaban J connectivity index is 1.70. The third kappa shape index (κ3) is 10.8. The zero-order valence-corrected chi connectivity index (χ0v) is 20.4. The third-order valence-corrected chi connectivity index (χ3v) is 5.21. The van der Waals surface area contributed by atoms with Crippen LogP contribution in [0, 0.1) is 0 Å². The van der Waals surface area contributed by atoms with E-state index in [0.29, 0.717) is 31.1 Å². The number of aromatic nitrogens is 2. The Morgan fingerprint density at radius 3 is 2.44 bits per heavy atom. The molecule has 0 aliphatic rings. The third-order valence-electron chi connectivity index (χ3n) is 5.21. The SMILES string of the molecule is CCCCCCCCCCc1cccc(-c2noc(CCCNC(=O)OC(C)(C)C)n2)c1. The molecule has 1 N–H and O–H groups in total. The number of hydrogen-bond acceptors (Lipinski definition) is 5. The van der Waals surface area contributed by atoms with Gasteiger partial charge in [0.05, 0.1) is 0 Å². The fraction of sp³-hybridized carbons (Fsp3) is 0.654. The molecule has 1 aromatic carbocycles. The predicted octanol–water partition coefficient (Wildman–Crippen LogP) is 6.88. The van der Waals surface area contributed by atoms with Crippen molar-refractivity contribution in [3.05, 3.63) is 35.7 Å². The van der Waals surface area contributed by atoms with Crippen molar-refractivity contribution >= 4 is 6.09 Å². The van der Waals surface area contributed by atoms with Crippen molar-refractivity contribution in [2.45, 2.75) is 104 Å². The summed E-state index contributed by atoms with van der Waals surface area (Å²) in [6.45, 7) is 8.29. The maximum atomic E-state index is 11.7. The van der Waals surface area contributed by atoms with Gasteiger partial charge in [0, 0.05) is 18.5 Å². The smallest absolute Gasteiger partial charge is 0.407 e. The number of unbranched alkanes of at least 4 members (excludes halogenated alkanes) is 7. The second-order valence-corrected chi connectivity index (χ2v) is 9.47. The number of aryl methyl sites for hydroxylation is 2. The number of rotatable bonds is 14. The lowest BCUT2D eigenvalue weighted by molar-refractivity contribution is 0.0527. The lowest BCUT2D eigenvalue weighted by atomic mass is 10.0. The first-order chi connectivity index (χ1) is 15.4. The number of carbonyl (C=O) groups excluding carboxylic acids is 1. The minimum atomic E-state index is -0.492. The molecule has 1 heterocycles. The van der Waals surface area contributed by atoms with E-state index in [4.69, 9.17) is 9.26 Å². The molecule has 6 nitrogen and oxygen atoms in total. The Kier molecular flexibility index (Phi) is 11.3. The molecule has 0 unspecified atom stereocenters. The summed E-state index contributed by atoms with van der Waals surface area (Å²) in [6.07, 6.45) is 12.6. The molecule has 32 heavy (non-hydrogen) atoms. The standard InChI is InChI=1S/C26H41N3O3/c1-5-6-7-8-9-10-11-12-15-21-16-13-17-22(20-21)24-28-23(32-29-24)18-14-19-27-25(30)31-26(2,3)4/h13,16-17,20H,5-12,14-15,18-19H2,1-4H3,(H,27,30). The molecule has 0 saturated heterocycles. The second kappa shape index (κ2) is 13.9. The van der Waals surface area contributed by atoms with Crippen molar-refractivity contribution in [2.24, 2.45) is 0 Å². The molecule has 2 aromatic rings. The summed E-state index contributed by atoms with van der Waals surface area (Å²) in [6, 6.07) is 8.43. The molecule has 0 saturated carbocycles. The summed E-state index contributed by atoms with van der Waals surface area (Å²) in [5, 5.41) is 6.88. The van der Waals surface area contributed by atoms with Gasteiger partial charge in [-0.3, -0.25) is 0 Å². The number of carbonyl (C=O) groups is 1. The molecule has 0 bridgehead atoms. The number of nitrogens with one attached hydrogen (secondary N) is 1. The van der Waals surface area contributed by atoms with Gasteiger partial charge in [-0.1, -0.05) is 75.2 Å². The fourth-order valence-electron chi connectivity index (χ4n) is 3.55. The topological polar surface area (TPSA) is 77.2 Å². The van der Waals surface area contributed by atoms with E-state index in [1.54, 1.807) is 0 Å². The predicted molar refractivity (Wildman–Crippen MR) is 129 cm³/mol. The summed E-state index contributed by atoms with van der Waals surface area (Å²) < 4.78 is 10.6. The van der Waals surface area contributed by atoms with Crippen LogP contribution in [0.4, 0.5) is 4.79 Å². The first kappa shape index (κ1) is 25.9. The van der Waals surface area contributed by atoms with Gasteiger partial charge in [-0.05, 0) is 51.7 Å². The lowest BCUT2D eigenvalue weighted by Crippen LogP contribution is -2.33. The van der Waals surface area contributed by atoms with Gasteiger partial charge in [0.15, 0.2) is 0 Å². The Bertz CT molecular complexity index is 796. The molecule has 0 radical (unpaired) electrons. The Morgan fingerprint density at radius 2 is 1.72 bits per heavy atom. The van der Waals surface area contributed by atoms with Crippen molar-refractivity contribution in [3.63, 3.8) is 0 Å². The summed E-state index contributed by atoms with van der Waals surface area (Å²) >= 11 is 0. The zero-order valence-electron chi connectivity index (χ0n) is 20.4. The summed E-state index contributed by atoms with van der Waals surface area (Å²) in [7, 11) is 0. The molecule has 178 valence electrons.